The van der Waals surface area contributed by atoms with Gasteiger partial charge in [-0.25, -0.2) is 4.39 Å². The Balaban J connectivity index is 0.000000136. The first-order valence-corrected chi connectivity index (χ1v) is 6.50. The van der Waals surface area contributed by atoms with Gasteiger partial charge in [-0.15, -0.1) is 0 Å². The molecule has 0 aliphatic carbocycles. The zero-order valence-electron chi connectivity index (χ0n) is 11.9. The average molecular weight is 318 g/mol. The Kier molecular flexibility index (Phi) is 3.71. The molecule has 4 rings (SSSR count). The van der Waals surface area contributed by atoms with Crippen LogP contribution in [0, 0.1) is 5.82 Å². The number of H-pyrrole nitrogens is 2. The summed E-state index contributed by atoms with van der Waals surface area (Å²) in [6.45, 7) is 0. The van der Waals surface area contributed by atoms with Crippen molar-refractivity contribution in [2.24, 2.45) is 0 Å². The van der Waals surface area contributed by atoms with Crippen molar-refractivity contribution in [1.82, 2.24) is 10.3 Å². The van der Waals surface area contributed by atoms with Crippen LogP contribution in [0.3, 0.4) is 0 Å². The standard InChI is InChI=1S/C8H7NO3.C7H4FNO2/c1-11-5-2-3-7-6(4-5)8(10)9-12-7;8-4-1-2-6-5(3-4)7(10)9-11-6/h2-4H,1H3,(H,9,10);1-3H,(H,9,10). The van der Waals surface area contributed by atoms with E-state index in [1.165, 1.54) is 12.1 Å². The Morgan fingerprint density at radius 2 is 1.48 bits per heavy atom. The second-order valence-electron chi connectivity index (χ2n) is 4.57. The van der Waals surface area contributed by atoms with E-state index in [2.05, 4.69) is 10.3 Å². The molecule has 2 aromatic carbocycles. The Labute approximate surface area is 127 Å². The van der Waals surface area contributed by atoms with Gasteiger partial charge in [-0.1, -0.05) is 0 Å². The zero-order valence-corrected chi connectivity index (χ0v) is 11.9. The Bertz CT molecular complexity index is 1070. The number of aromatic nitrogens is 2. The lowest BCUT2D eigenvalue weighted by Gasteiger charge is -1.95. The normalized spacial score (nSPS) is 10.5. The van der Waals surface area contributed by atoms with Crippen LogP contribution in [-0.4, -0.2) is 17.4 Å². The van der Waals surface area contributed by atoms with Crippen LogP contribution in [-0.2, 0) is 0 Å². The van der Waals surface area contributed by atoms with Crippen LogP contribution in [0.2, 0.25) is 0 Å². The molecule has 118 valence electrons. The number of halogens is 1. The lowest BCUT2D eigenvalue weighted by molar-refractivity contribution is 0.415. The molecule has 0 amide bonds. The molecule has 0 unspecified atom stereocenters. The van der Waals surface area contributed by atoms with Crippen molar-refractivity contribution >= 4 is 21.9 Å². The van der Waals surface area contributed by atoms with Gasteiger partial charge in [0, 0.05) is 0 Å². The van der Waals surface area contributed by atoms with Gasteiger partial charge in [-0.05, 0) is 36.4 Å². The van der Waals surface area contributed by atoms with Crippen molar-refractivity contribution in [3.63, 3.8) is 0 Å². The van der Waals surface area contributed by atoms with Crippen molar-refractivity contribution in [3.8, 4) is 5.75 Å². The minimum Gasteiger partial charge on any atom is -0.497 e. The smallest absolute Gasteiger partial charge is 0.287 e. The molecule has 2 N–H and O–H groups in total. The first kappa shape index (κ1) is 14.6. The summed E-state index contributed by atoms with van der Waals surface area (Å²) >= 11 is 0. The molecule has 0 fully saturated rings. The van der Waals surface area contributed by atoms with E-state index in [0.29, 0.717) is 22.3 Å². The molecule has 0 spiro atoms. The average Bonchev–Trinajstić information content (AvgIpc) is 3.11. The molecule has 0 atom stereocenters. The summed E-state index contributed by atoms with van der Waals surface area (Å²) in [5.74, 6) is 0.207. The Hall–Kier alpha value is -3.29. The second kappa shape index (κ2) is 5.84. The largest absolute Gasteiger partial charge is 0.497 e. The minimum absolute atomic E-state index is 0.232. The van der Waals surface area contributed by atoms with E-state index in [0.717, 1.165) is 6.07 Å². The number of fused-ring (bicyclic) bond motifs is 2. The third-order valence-electron chi connectivity index (χ3n) is 3.12. The number of benzene rings is 2. The molecule has 0 radical (unpaired) electrons. The first-order valence-electron chi connectivity index (χ1n) is 6.50. The van der Waals surface area contributed by atoms with Crippen LogP contribution in [0.5, 0.6) is 5.75 Å². The maximum atomic E-state index is 12.5. The lowest BCUT2D eigenvalue weighted by atomic mass is 10.2. The fraction of sp³-hybridized carbons (Fsp3) is 0.0667. The summed E-state index contributed by atoms with van der Waals surface area (Å²) in [4.78, 5) is 21.9. The van der Waals surface area contributed by atoms with Gasteiger partial charge in [0.2, 0.25) is 0 Å². The summed E-state index contributed by atoms with van der Waals surface area (Å²) in [6, 6.07) is 8.84. The predicted molar refractivity (Wildman–Crippen MR) is 80.2 cm³/mol. The highest BCUT2D eigenvalue weighted by atomic mass is 19.1. The quantitative estimate of drug-likeness (QED) is 0.561. The van der Waals surface area contributed by atoms with Crippen molar-refractivity contribution in [1.29, 1.82) is 0 Å². The highest BCUT2D eigenvalue weighted by Crippen LogP contribution is 2.16. The van der Waals surface area contributed by atoms with Crippen LogP contribution < -0.4 is 15.9 Å². The molecule has 0 bridgehead atoms. The molecular weight excluding hydrogens is 307 g/mol. The molecule has 2 aromatic heterocycles. The van der Waals surface area contributed by atoms with Crippen molar-refractivity contribution in [2.75, 3.05) is 7.11 Å². The van der Waals surface area contributed by atoms with Gasteiger partial charge in [0.1, 0.15) is 11.6 Å². The molecule has 8 heteroatoms. The van der Waals surface area contributed by atoms with Crippen molar-refractivity contribution in [2.45, 2.75) is 0 Å². The fourth-order valence-corrected chi connectivity index (χ4v) is 1.98. The summed E-state index contributed by atoms with van der Waals surface area (Å²) < 4.78 is 27.0. The third kappa shape index (κ3) is 2.86. The highest BCUT2D eigenvalue weighted by Gasteiger charge is 2.03. The molecule has 23 heavy (non-hydrogen) atoms. The SMILES string of the molecule is COc1ccc2o[nH]c(=O)c2c1.O=c1[nH]oc2ccc(F)cc12. The number of methoxy groups -OCH3 is 1. The maximum absolute atomic E-state index is 12.5. The summed E-state index contributed by atoms with van der Waals surface area (Å²) in [6.07, 6.45) is 0. The number of aromatic amines is 2. The lowest BCUT2D eigenvalue weighted by Crippen LogP contribution is -1.96. The van der Waals surface area contributed by atoms with E-state index < -0.39 is 11.4 Å². The molecular formula is C15H11FN2O5. The van der Waals surface area contributed by atoms with E-state index in [1.807, 2.05) is 0 Å². The highest BCUT2D eigenvalue weighted by molar-refractivity contribution is 5.77. The predicted octanol–water partition coefficient (Wildman–Crippen LogP) is 2.39. The van der Waals surface area contributed by atoms with Crippen molar-refractivity contribution in [3.05, 3.63) is 62.9 Å². The molecule has 0 saturated carbocycles. The molecule has 0 saturated heterocycles. The monoisotopic (exact) mass is 318 g/mol. The number of ether oxygens (including phenoxy) is 1. The molecule has 0 aliphatic rings. The van der Waals surface area contributed by atoms with Crippen LogP contribution in [0.25, 0.3) is 21.9 Å². The molecule has 0 aliphatic heterocycles. The van der Waals surface area contributed by atoms with E-state index >= 15 is 0 Å². The van der Waals surface area contributed by atoms with Gasteiger partial charge in [0.15, 0.2) is 11.2 Å². The van der Waals surface area contributed by atoms with Gasteiger partial charge < -0.3 is 13.8 Å². The number of rotatable bonds is 1. The van der Waals surface area contributed by atoms with Gasteiger partial charge in [-0.3, -0.25) is 9.59 Å². The van der Waals surface area contributed by atoms with E-state index in [4.69, 9.17) is 13.8 Å². The molecule has 7 nitrogen and oxygen atoms in total. The van der Waals surface area contributed by atoms with E-state index in [1.54, 1.807) is 25.3 Å². The zero-order chi connectivity index (χ0) is 16.4. The fourth-order valence-electron chi connectivity index (χ4n) is 1.98. The third-order valence-corrected chi connectivity index (χ3v) is 3.12. The van der Waals surface area contributed by atoms with Crippen molar-refractivity contribution < 1.29 is 18.2 Å². The Morgan fingerprint density at radius 1 is 0.913 bits per heavy atom. The van der Waals surface area contributed by atoms with Gasteiger partial charge in [0.25, 0.3) is 11.1 Å². The maximum Gasteiger partial charge on any atom is 0.287 e. The summed E-state index contributed by atoms with van der Waals surface area (Å²) in [5, 5.41) is 5.10. The number of nitrogens with one attached hydrogen (secondary N) is 2. The van der Waals surface area contributed by atoms with Crippen LogP contribution in [0.1, 0.15) is 0 Å². The molecule has 2 heterocycles. The second-order valence-corrected chi connectivity index (χ2v) is 4.57. The van der Waals surface area contributed by atoms with Gasteiger partial charge in [-0.2, -0.15) is 10.3 Å². The van der Waals surface area contributed by atoms with Crippen LogP contribution >= 0.6 is 0 Å². The van der Waals surface area contributed by atoms with E-state index in [-0.39, 0.29) is 10.9 Å². The molecule has 4 aromatic rings. The minimum atomic E-state index is -0.440. The van der Waals surface area contributed by atoms with E-state index in [9.17, 15) is 14.0 Å². The van der Waals surface area contributed by atoms with Crippen LogP contribution in [0.4, 0.5) is 4.39 Å². The van der Waals surface area contributed by atoms with Crippen LogP contribution in [0.15, 0.2) is 55.0 Å². The Morgan fingerprint density at radius 3 is 2.09 bits per heavy atom. The number of hydrogen-bond donors (Lipinski definition) is 2. The van der Waals surface area contributed by atoms with Gasteiger partial charge in [0.05, 0.1) is 17.9 Å². The topological polar surface area (TPSA) is 101 Å². The number of hydrogen-bond acceptors (Lipinski definition) is 5. The first-order chi connectivity index (χ1) is 11.1. The summed E-state index contributed by atoms with van der Waals surface area (Å²) in [5.41, 5.74) is 0.278. The summed E-state index contributed by atoms with van der Waals surface area (Å²) in [7, 11) is 1.55. The van der Waals surface area contributed by atoms with Gasteiger partial charge >= 0.3 is 0 Å².